The van der Waals surface area contributed by atoms with Gasteiger partial charge in [0.2, 0.25) is 0 Å². The van der Waals surface area contributed by atoms with Gasteiger partial charge in [-0.2, -0.15) is 0 Å². The van der Waals surface area contributed by atoms with Crippen LogP contribution in [-0.2, 0) is 6.54 Å². The minimum atomic E-state index is 0.935. The van der Waals surface area contributed by atoms with E-state index in [1.54, 1.807) is 0 Å². The Morgan fingerprint density at radius 3 is 2.71 bits per heavy atom. The lowest BCUT2D eigenvalue weighted by atomic mass is 10.2. The highest BCUT2D eigenvalue weighted by atomic mass is 79.9. The van der Waals surface area contributed by atoms with Crippen LogP contribution in [0.2, 0.25) is 0 Å². The molecular formula is C11H17BrN2. The molecule has 0 amide bonds. The summed E-state index contributed by atoms with van der Waals surface area (Å²) in [4.78, 5) is 0. The van der Waals surface area contributed by atoms with Crippen molar-refractivity contribution in [1.82, 2.24) is 10.6 Å². The van der Waals surface area contributed by atoms with Crippen LogP contribution in [0.25, 0.3) is 0 Å². The van der Waals surface area contributed by atoms with Gasteiger partial charge in [0.05, 0.1) is 0 Å². The van der Waals surface area contributed by atoms with Crippen LogP contribution in [-0.4, -0.2) is 19.6 Å². The van der Waals surface area contributed by atoms with E-state index in [0.717, 1.165) is 30.7 Å². The van der Waals surface area contributed by atoms with Gasteiger partial charge in [0.15, 0.2) is 0 Å². The average Bonchev–Trinajstić information content (AvgIpc) is 2.18. The molecule has 14 heavy (non-hydrogen) atoms. The molecule has 0 aliphatic heterocycles. The third kappa shape index (κ3) is 4.74. The summed E-state index contributed by atoms with van der Waals surface area (Å²) in [6.45, 7) is 6.14. The molecule has 0 radical (unpaired) electrons. The van der Waals surface area contributed by atoms with Crippen LogP contribution in [0.5, 0.6) is 0 Å². The topological polar surface area (TPSA) is 24.1 Å². The maximum Gasteiger partial charge on any atom is 0.0206 e. The Balaban J connectivity index is 2.18. The van der Waals surface area contributed by atoms with Crippen molar-refractivity contribution in [3.05, 3.63) is 34.3 Å². The van der Waals surface area contributed by atoms with Crippen LogP contribution in [0, 0.1) is 0 Å². The van der Waals surface area contributed by atoms with Crippen molar-refractivity contribution in [1.29, 1.82) is 0 Å². The molecule has 0 atom stereocenters. The SMILES string of the molecule is CCNCCNCc1cccc(Br)c1. The molecule has 1 rings (SSSR count). The molecular weight excluding hydrogens is 240 g/mol. The largest absolute Gasteiger partial charge is 0.316 e. The van der Waals surface area contributed by atoms with E-state index >= 15 is 0 Å². The van der Waals surface area contributed by atoms with Crippen LogP contribution in [0.3, 0.4) is 0 Å². The molecule has 0 aliphatic carbocycles. The fraction of sp³-hybridized carbons (Fsp3) is 0.455. The highest BCUT2D eigenvalue weighted by molar-refractivity contribution is 9.10. The Kier molecular flexibility index (Phi) is 5.83. The van der Waals surface area contributed by atoms with Gasteiger partial charge in [-0.15, -0.1) is 0 Å². The van der Waals surface area contributed by atoms with E-state index in [4.69, 9.17) is 0 Å². The summed E-state index contributed by atoms with van der Waals surface area (Å²) in [5, 5.41) is 6.65. The van der Waals surface area contributed by atoms with Crippen molar-refractivity contribution in [3.63, 3.8) is 0 Å². The van der Waals surface area contributed by atoms with Crippen molar-refractivity contribution in [3.8, 4) is 0 Å². The molecule has 0 bridgehead atoms. The molecule has 0 unspecified atom stereocenters. The standard InChI is InChI=1S/C11H17BrN2/c1-2-13-6-7-14-9-10-4-3-5-11(12)8-10/h3-5,8,13-14H,2,6-7,9H2,1H3. The van der Waals surface area contributed by atoms with Gasteiger partial charge in [0, 0.05) is 24.1 Å². The van der Waals surface area contributed by atoms with Gasteiger partial charge in [0.1, 0.15) is 0 Å². The van der Waals surface area contributed by atoms with Gasteiger partial charge in [-0.05, 0) is 24.2 Å². The first-order valence-electron chi connectivity index (χ1n) is 4.99. The molecule has 0 saturated carbocycles. The Morgan fingerprint density at radius 1 is 1.21 bits per heavy atom. The molecule has 2 N–H and O–H groups in total. The second-order valence-electron chi connectivity index (χ2n) is 3.16. The van der Waals surface area contributed by atoms with Gasteiger partial charge in [0.25, 0.3) is 0 Å². The van der Waals surface area contributed by atoms with E-state index in [0.29, 0.717) is 0 Å². The van der Waals surface area contributed by atoms with E-state index in [1.807, 2.05) is 6.07 Å². The zero-order valence-corrected chi connectivity index (χ0v) is 10.1. The first-order chi connectivity index (χ1) is 6.83. The lowest BCUT2D eigenvalue weighted by molar-refractivity contribution is 0.625. The summed E-state index contributed by atoms with van der Waals surface area (Å²) in [5.74, 6) is 0. The number of likely N-dealkylation sites (N-methyl/N-ethyl adjacent to an activating group) is 1. The number of halogens is 1. The van der Waals surface area contributed by atoms with E-state index in [2.05, 4.69) is 51.7 Å². The normalized spacial score (nSPS) is 10.4. The lowest BCUT2D eigenvalue weighted by Crippen LogP contribution is -2.26. The second-order valence-corrected chi connectivity index (χ2v) is 4.08. The number of benzene rings is 1. The Labute approximate surface area is 94.2 Å². The third-order valence-corrected chi connectivity index (χ3v) is 2.44. The summed E-state index contributed by atoms with van der Waals surface area (Å²) in [7, 11) is 0. The van der Waals surface area contributed by atoms with Crippen LogP contribution < -0.4 is 10.6 Å². The van der Waals surface area contributed by atoms with Gasteiger partial charge in [-0.1, -0.05) is 35.0 Å². The molecule has 0 heterocycles. The molecule has 78 valence electrons. The van der Waals surface area contributed by atoms with Crippen LogP contribution >= 0.6 is 15.9 Å². The van der Waals surface area contributed by atoms with Crippen molar-refractivity contribution < 1.29 is 0 Å². The number of hydrogen-bond donors (Lipinski definition) is 2. The maximum atomic E-state index is 3.46. The fourth-order valence-electron chi connectivity index (χ4n) is 1.23. The maximum absolute atomic E-state index is 3.46. The average molecular weight is 257 g/mol. The number of nitrogens with one attached hydrogen (secondary N) is 2. The van der Waals surface area contributed by atoms with Gasteiger partial charge < -0.3 is 10.6 Å². The van der Waals surface area contributed by atoms with Crippen molar-refractivity contribution in [2.45, 2.75) is 13.5 Å². The van der Waals surface area contributed by atoms with Gasteiger partial charge in [-0.25, -0.2) is 0 Å². The molecule has 0 saturated heterocycles. The molecule has 0 spiro atoms. The smallest absolute Gasteiger partial charge is 0.0206 e. The zero-order chi connectivity index (χ0) is 10.2. The van der Waals surface area contributed by atoms with Crippen molar-refractivity contribution in [2.24, 2.45) is 0 Å². The van der Waals surface area contributed by atoms with Crippen LogP contribution in [0.4, 0.5) is 0 Å². The molecule has 3 heteroatoms. The number of rotatable bonds is 6. The van der Waals surface area contributed by atoms with Gasteiger partial charge >= 0.3 is 0 Å². The summed E-state index contributed by atoms with van der Waals surface area (Å²) >= 11 is 3.46. The summed E-state index contributed by atoms with van der Waals surface area (Å²) < 4.78 is 1.14. The number of hydrogen-bond acceptors (Lipinski definition) is 2. The molecule has 1 aromatic carbocycles. The summed E-state index contributed by atoms with van der Waals surface area (Å²) in [6, 6.07) is 8.37. The summed E-state index contributed by atoms with van der Waals surface area (Å²) in [6.07, 6.45) is 0. The van der Waals surface area contributed by atoms with Crippen molar-refractivity contribution >= 4 is 15.9 Å². The highest BCUT2D eigenvalue weighted by Gasteiger charge is 1.92. The zero-order valence-electron chi connectivity index (χ0n) is 8.52. The van der Waals surface area contributed by atoms with E-state index in [9.17, 15) is 0 Å². The summed E-state index contributed by atoms with van der Waals surface area (Å²) in [5.41, 5.74) is 1.32. The molecule has 0 aliphatic rings. The van der Waals surface area contributed by atoms with Crippen LogP contribution in [0.15, 0.2) is 28.7 Å². The fourth-order valence-corrected chi connectivity index (χ4v) is 1.68. The highest BCUT2D eigenvalue weighted by Crippen LogP contribution is 2.10. The van der Waals surface area contributed by atoms with Crippen LogP contribution in [0.1, 0.15) is 12.5 Å². The minimum Gasteiger partial charge on any atom is -0.316 e. The molecule has 1 aromatic rings. The molecule has 0 aromatic heterocycles. The van der Waals surface area contributed by atoms with E-state index in [1.165, 1.54) is 5.56 Å². The van der Waals surface area contributed by atoms with Crippen molar-refractivity contribution in [2.75, 3.05) is 19.6 Å². The van der Waals surface area contributed by atoms with E-state index in [-0.39, 0.29) is 0 Å². The Bertz CT molecular complexity index is 263. The molecule has 0 fully saturated rings. The quantitative estimate of drug-likeness (QED) is 0.763. The van der Waals surface area contributed by atoms with Gasteiger partial charge in [-0.3, -0.25) is 0 Å². The Hall–Kier alpha value is -0.380. The van der Waals surface area contributed by atoms with E-state index < -0.39 is 0 Å². The second kappa shape index (κ2) is 6.98. The minimum absolute atomic E-state index is 0.935. The lowest BCUT2D eigenvalue weighted by Gasteiger charge is -2.05. The predicted molar refractivity (Wildman–Crippen MR) is 64.4 cm³/mol. The first kappa shape index (κ1) is 11.7. The molecule has 2 nitrogen and oxygen atoms in total. The third-order valence-electron chi connectivity index (χ3n) is 1.95. The first-order valence-corrected chi connectivity index (χ1v) is 5.78. The predicted octanol–water partition coefficient (Wildman–Crippen LogP) is 2.15. The Morgan fingerprint density at radius 2 is 2.00 bits per heavy atom. The monoisotopic (exact) mass is 256 g/mol.